The number of rotatable bonds is 6. The maximum atomic E-state index is 4.21. The Bertz CT molecular complexity index is 341. The minimum atomic E-state index is 0.550. The highest BCUT2D eigenvalue weighted by Crippen LogP contribution is 2.13. The Hall–Kier alpha value is -0.450. The zero-order chi connectivity index (χ0) is 12.8. The van der Waals surface area contributed by atoms with Crippen LogP contribution in [-0.2, 0) is 6.54 Å². The third-order valence-electron chi connectivity index (χ3n) is 2.81. The van der Waals surface area contributed by atoms with E-state index in [1.54, 1.807) is 0 Å². The van der Waals surface area contributed by atoms with Crippen molar-refractivity contribution >= 4 is 15.9 Å². The van der Waals surface area contributed by atoms with Crippen LogP contribution in [0.4, 0.5) is 0 Å². The van der Waals surface area contributed by atoms with E-state index in [1.807, 2.05) is 12.4 Å². The molecule has 0 fully saturated rings. The summed E-state index contributed by atoms with van der Waals surface area (Å²) in [5.74, 6) is 0. The van der Waals surface area contributed by atoms with Crippen LogP contribution in [0, 0.1) is 0 Å². The summed E-state index contributed by atoms with van der Waals surface area (Å²) in [4.78, 5) is 8.90. The van der Waals surface area contributed by atoms with E-state index in [4.69, 9.17) is 0 Å². The number of nitrogens with zero attached hydrogens (tertiary/aromatic N) is 3. The molecule has 0 saturated carbocycles. The SMILES string of the molecule is CCN(Cc1cncc(Br)c1)C(C)CN(C)C. The molecule has 0 aliphatic rings. The van der Waals surface area contributed by atoms with Crippen LogP contribution in [0.1, 0.15) is 19.4 Å². The van der Waals surface area contributed by atoms with Crippen LogP contribution in [-0.4, -0.2) is 48.0 Å². The van der Waals surface area contributed by atoms with E-state index in [1.165, 1.54) is 5.56 Å². The van der Waals surface area contributed by atoms with E-state index in [-0.39, 0.29) is 0 Å². The molecule has 0 aromatic carbocycles. The summed E-state index contributed by atoms with van der Waals surface area (Å²) < 4.78 is 1.05. The molecule has 0 saturated heterocycles. The first-order valence-corrected chi connectivity index (χ1v) is 6.80. The molecular formula is C13H22BrN3. The third-order valence-corrected chi connectivity index (χ3v) is 3.24. The fourth-order valence-corrected chi connectivity index (χ4v) is 2.41. The highest BCUT2D eigenvalue weighted by atomic mass is 79.9. The number of hydrogen-bond donors (Lipinski definition) is 0. The lowest BCUT2D eigenvalue weighted by Gasteiger charge is -2.29. The number of pyridine rings is 1. The molecule has 17 heavy (non-hydrogen) atoms. The van der Waals surface area contributed by atoms with Gasteiger partial charge in [-0.3, -0.25) is 9.88 Å². The number of aromatic nitrogens is 1. The molecule has 1 unspecified atom stereocenters. The number of hydrogen-bond acceptors (Lipinski definition) is 3. The number of likely N-dealkylation sites (N-methyl/N-ethyl adjacent to an activating group) is 2. The molecule has 0 aliphatic carbocycles. The molecule has 1 atom stereocenters. The van der Waals surface area contributed by atoms with Crippen molar-refractivity contribution in [1.82, 2.24) is 14.8 Å². The average Bonchev–Trinajstić information content (AvgIpc) is 2.24. The van der Waals surface area contributed by atoms with Crippen LogP contribution in [0.5, 0.6) is 0 Å². The molecule has 0 radical (unpaired) electrons. The average molecular weight is 300 g/mol. The second kappa shape index (κ2) is 7.09. The van der Waals surface area contributed by atoms with Crippen LogP contribution in [0.3, 0.4) is 0 Å². The molecule has 96 valence electrons. The van der Waals surface area contributed by atoms with Crippen molar-refractivity contribution in [1.29, 1.82) is 0 Å². The maximum absolute atomic E-state index is 4.21. The first-order chi connectivity index (χ1) is 8.02. The lowest BCUT2D eigenvalue weighted by molar-refractivity contribution is 0.174. The van der Waals surface area contributed by atoms with Gasteiger partial charge in [0.05, 0.1) is 0 Å². The summed E-state index contributed by atoms with van der Waals surface area (Å²) in [7, 11) is 4.23. The van der Waals surface area contributed by atoms with Gasteiger partial charge in [0.15, 0.2) is 0 Å². The first-order valence-electron chi connectivity index (χ1n) is 6.01. The largest absolute Gasteiger partial charge is 0.308 e. The van der Waals surface area contributed by atoms with Gasteiger partial charge in [0.25, 0.3) is 0 Å². The van der Waals surface area contributed by atoms with E-state index >= 15 is 0 Å². The van der Waals surface area contributed by atoms with Gasteiger partial charge >= 0.3 is 0 Å². The highest BCUT2D eigenvalue weighted by Gasteiger charge is 2.13. The van der Waals surface area contributed by atoms with Crippen molar-refractivity contribution < 1.29 is 0 Å². The molecule has 0 amide bonds. The van der Waals surface area contributed by atoms with Crippen molar-refractivity contribution in [2.24, 2.45) is 0 Å². The van der Waals surface area contributed by atoms with Crippen LogP contribution < -0.4 is 0 Å². The molecule has 1 aromatic heterocycles. The molecule has 0 aliphatic heterocycles. The summed E-state index contributed by atoms with van der Waals surface area (Å²) in [5.41, 5.74) is 1.26. The molecule has 1 rings (SSSR count). The zero-order valence-corrected chi connectivity index (χ0v) is 12.7. The summed E-state index contributed by atoms with van der Waals surface area (Å²) in [6.07, 6.45) is 3.76. The lowest BCUT2D eigenvalue weighted by atomic mass is 10.2. The second-order valence-corrected chi connectivity index (χ2v) is 5.60. The molecule has 1 aromatic rings. The fraction of sp³-hybridized carbons (Fsp3) is 0.615. The fourth-order valence-electron chi connectivity index (χ4n) is 2.00. The van der Waals surface area contributed by atoms with Gasteiger partial charge in [0.2, 0.25) is 0 Å². The normalized spacial score (nSPS) is 13.4. The van der Waals surface area contributed by atoms with Gasteiger partial charge in [-0.05, 0) is 55.1 Å². The predicted octanol–water partition coefficient (Wildman–Crippen LogP) is 2.62. The molecule has 4 heteroatoms. The molecule has 0 spiro atoms. The van der Waals surface area contributed by atoms with Gasteiger partial charge in [-0.15, -0.1) is 0 Å². The Morgan fingerprint density at radius 1 is 1.35 bits per heavy atom. The van der Waals surface area contributed by atoms with Crippen LogP contribution in [0.25, 0.3) is 0 Å². The van der Waals surface area contributed by atoms with Gasteiger partial charge in [0, 0.05) is 36.0 Å². The quantitative estimate of drug-likeness (QED) is 0.805. The smallest absolute Gasteiger partial charge is 0.0410 e. The summed E-state index contributed by atoms with van der Waals surface area (Å²) in [6, 6.07) is 2.69. The van der Waals surface area contributed by atoms with Crippen LogP contribution >= 0.6 is 15.9 Å². The minimum Gasteiger partial charge on any atom is -0.308 e. The first kappa shape index (κ1) is 14.6. The maximum Gasteiger partial charge on any atom is 0.0410 e. The Kier molecular flexibility index (Phi) is 6.09. The zero-order valence-electron chi connectivity index (χ0n) is 11.2. The second-order valence-electron chi connectivity index (χ2n) is 4.69. The van der Waals surface area contributed by atoms with E-state index < -0.39 is 0 Å². The third kappa shape index (κ3) is 5.15. The van der Waals surface area contributed by atoms with E-state index in [2.05, 4.69) is 64.7 Å². The van der Waals surface area contributed by atoms with E-state index in [9.17, 15) is 0 Å². The van der Waals surface area contributed by atoms with Crippen LogP contribution in [0.15, 0.2) is 22.9 Å². The summed E-state index contributed by atoms with van der Waals surface area (Å²) in [6.45, 7) is 7.57. The highest BCUT2D eigenvalue weighted by molar-refractivity contribution is 9.10. The van der Waals surface area contributed by atoms with Gasteiger partial charge in [-0.1, -0.05) is 6.92 Å². The summed E-state index contributed by atoms with van der Waals surface area (Å²) in [5, 5.41) is 0. The van der Waals surface area contributed by atoms with Crippen molar-refractivity contribution in [2.75, 3.05) is 27.2 Å². The molecule has 3 nitrogen and oxygen atoms in total. The van der Waals surface area contributed by atoms with Gasteiger partial charge in [-0.2, -0.15) is 0 Å². The predicted molar refractivity (Wildman–Crippen MR) is 76.0 cm³/mol. The van der Waals surface area contributed by atoms with Crippen molar-refractivity contribution in [2.45, 2.75) is 26.4 Å². The van der Waals surface area contributed by atoms with Crippen molar-refractivity contribution in [3.63, 3.8) is 0 Å². The standard InChI is InChI=1S/C13H22BrN3/c1-5-17(11(2)9-16(3)4)10-12-6-13(14)8-15-7-12/h6-8,11H,5,9-10H2,1-4H3. The van der Waals surface area contributed by atoms with Crippen molar-refractivity contribution in [3.8, 4) is 0 Å². The minimum absolute atomic E-state index is 0.550. The van der Waals surface area contributed by atoms with Gasteiger partial charge < -0.3 is 4.90 Å². The topological polar surface area (TPSA) is 19.4 Å². The Balaban J connectivity index is 2.63. The molecular weight excluding hydrogens is 278 g/mol. The van der Waals surface area contributed by atoms with Crippen molar-refractivity contribution in [3.05, 3.63) is 28.5 Å². The monoisotopic (exact) mass is 299 g/mol. The summed E-state index contributed by atoms with van der Waals surface area (Å²) >= 11 is 3.46. The Morgan fingerprint density at radius 3 is 2.59 bits per heavy atom. The van der Waals surface area contributed by atoms with E-state index in [0.717, 1.165) is 24.1 Å². The van der Waals surface area contributed by atoms with Gasteiger partial charge in [0.1, 0.15) is 0 Å². The van der Waals surface area contributed by atoms with E-state index in [0.29, 0.717) is 6.04 Å². The Morgan fingerprint density at radius 2 is 2.06 bits per heavy atom. The lowest BCUT2D eigenvalue weighted by Crippen LogP contribution is -2.39. The molecule has 0 N–H and O–H groups in total. The van der Waals surface area contributed by atoms with Gasteiger partial charge in [-0.25, -0.2) is 0 Å². The number of halogens is 1. The molecule has 0 bridgehead atoms. The van der Waals surface area contributed by atoms with Crippen LogP contribution in [0.2, 0.25) is 0 Å². The Labute approximate surface area is 113 Å². The molecule has 1 heterocycles.